The zero-order valence-corrected chi connectivity index (χ0v) is 12.7. The Kier molecular flexibility index (Phi) is 7.24. The van der Waals surface area contributed by atoms with Crippen molar-refractivity contribution in [3.63, 3.8) is 0 Å². The highest BCUT2D eigenvalue weighted by Gasteiger charge is 2.31. The van der Waals surface area contributed by atoms with Gasteiger partial charge in [-0.15, -0.1) is 0 Å². The molecule has 0 amide bonds. The van der Waals surface area contributed by atoms with Gasteiger partial charge in [-0.25, -0.2) is 0 Å². The van der Waals surface area contributed by atoms with Crippen molar-refractivity contribution in [1.82, 2.24) is 10.2 Å². The van der Waals surface area contributed by atoms with Gasteiger partial charge in [-0.3, -0.25) is 5.32 Å². The number of rotatable bonds is 9. The molecule has 0 aliphatic carbocycles. The van der Waals surface area contributed by atoms with Gasteiger partial charge >= 0.3 is 0 Å². The Morgan fingerprint density at radius 2 is 2.00 bits per heavy atom. The van der Waals surface area contributed by atoms with Crippen LogP contribution in [0, 0.1) is 11.3 Å². The number of likely N-dealkylation sites (N-methyl/N-ethyl adjacent to an activating group) is 1. The summed E-state index contributed by atoms with van der Waals surface area (Å²) in [4.78, 5) is 2.19. The Bertz CT molecular complexity index is 415. The summed E-state index contributed by atoms with van der Waals surface area (Å²) in [5.41, 5.74) is 0.418. The number of hydrogen-bond acceptors (Lipinski definition) is 4. The van der Waals surface area contributed by atoms with Crippen LogP contribution in [-0.2, 0) is 10.3 Å². The van der Waals surface area contributed by atoms with E-state index in [4.69, 9.17) is 4.74 Å². The SMILES string of the molecule is CCNC(C#N)(CCN(C)CCOC)c1ccccc1. The van der Waals surface area contributed by atoms with Gasteiger partial charge in [0.25, 0.3) is 0 Å². The molecule has 0 saturated carbocycles. The number of benzene rings is 1. The lowest BCUT2D eigenvalue weighted by Gasteiger charge is -2.30. The number of nitriles is 1. The van der Waals surface area contributed by atoms with Crippen molar-refractivity contribution in [2.75, 3.05) is 40.4 Å². The predicted octanol–water partition coefficient (Wildman–Crippen LogP) is 1.98. The van der Waals surface area contributed by atoms with Crippen LogP contribution in [0.4, 0.5) is 0 Å². The van der Waals surface area contributed by atoms with E-state index >= 15 is 0 Å². The van der Waals surface area contributed by atoms with Crippen molar-refractivity contribution in [2.45, 2.75) is 18.9 Å². The summed E-state index contributed by atoms with van der Waals surface area (Å²) in [5.74, 6) is 0. The van der Waals surface area contributed by atoms with Gasteiger partial charge < -0.3 is 9.64 Å². The van der Waals surface area contributed by atoms with Crippen molar-refractivity contribution in [2.24, 2.45) is 0 Å². The van der Waals surface area contributed by atoms with Crippen molar-refractivity contribution in [3.05, 3.63) is 35.9 Å². The third-order valence-electron chi connectivity index (χ3n) is 3.48. The van der Waals surface area contributed by atoms with Crippen LogP contribution in [0.2, 0.25) is 0 Å². The third kappa shape index (κ3) is 4.61. The first kappa shape index (κ1) is 16.6. The first-order valence-corrected chi connectivity index (χ1v) is 7.08. The Labute approximate surface area is 122 Å². The van der Waals surface area contributed by atoms with E-state index in [0.717, 1.165) is 31.6 Å². The van der Waals surface area contributed by atoms with E-state index in [-0.39, 0.29) is 0 Å². The Balaban J connectivity index is 2.77. The summed E-state index contributed by atoms with van der Waals surface area (Å²) in [7, 11) is 3.76. The van der Waals surface area contributed by atoms with Crippen molar-refractivity contribution in [3.8, 4) is 6.07 Å². The molecule has 0 spiro atoms. The molecule has 0 saturated heterocycles. The number of methoxy groups -OCH3 is 1. The maximum Gasteiger partial charge on any atom is 0.133 e. The molecule has 1 unspecified atom stereocenters. The monoisotopic (exact) mass is 275 g/mol. The molecule has 0 heterocycles. The quantitative estimate of drug-likeness (QED) is 0.748. The molecule has 110 valence electrons. The molecular formula is C16H25N3O. The highest BCUT2D eigenvalue weighted by molar-refractivity contribution is 5.31. The van der Waals surface area contributed by atoms with E-state index in [9.17, 15) is 5.26 Å². The molecule has 1 atom stereocenters. The first-order valence-electron chi connectivity index (χ1n) is 7.08. The average Bonchev–Trinajstić information content (AvgIpc) is 2.50. The van der Waals surface area contributed by atoms with E-state index in [0.29, 0.717) is 6.61 Å². The highest BCUT2D eigenvalue weighted by atomic mass is 16.5. The maximum atomic E-state index is 9.69. The Morgan fingerprint density at radius 1 is 1.30 bits per heavy atom. The fourth-order valence-corrected chi connectivity index (χ4v) is 2.24. The minimum Gasteiger partial charge on any atom is -0.383 e. The maximum absolute atomic E-state index is 9.69. The van der Waals surface area contributed by atoms with Crippen LogP contribution < -0.4 is 5.32 Å². The summed E-state index contributed by atoms with van der Waals surface area (Å²) in [6.45, 7) is 5.23. The largest absolute Gasteiger partial charge is 0.383 e. The van der Waals surface area contributed by atoms with E-state index in [1.165, 1.54) is 0 Å². The van der Waals surface area contributed by atoms with Crippen LogP contribution in [0.5, 0.6) is 0 Å². The molecular weight excluding hydrogens is 250 g/mol. The summed E-state index contributed by atoms with van der Waals surface area (Å²) >= 11 is 0. The number of nitrogens with zero attached hydrogens (tertiary/aromatic N) is 2. The topological polar surface area (TPSA) is 48.3 Å². The van der Waals surface area contributed by atoms with Crippen molar-refractivity contribution < 1.29 is 4.74 Å². The van der Waals surface area contributed by atoms with Gasteiger partial charge in [0.05, 0.1) is 12.7 Å². The molecule has 0 aromatic heterocycles. The fraction of sp³-hybridized carbons (Fsp3) is 0.562. The van der Waals surface area contributed by atoms with E-state index in [2.05, 4.69) is 23.3 Å². The smallest absolute Gasteiger partial charge is 0.133 e. The third-order valence-corrected chi connectivity index (χ3v) is 3.48. The fourth-order valence-electron chi connectivity index (χ4n) is 2.24. The van der Waals surface area contributed by atoms with Crippen LogP contribution in [0.15, 0.2) is 30.3 Å². The molecule has 1 N–H and O–H groups in total. The van der Waals surface area contributed by atoms with Crippen LogP contribution in [0.1, 0.15) is 18.9 Å². The normalized spacial score (nSPS) is 13.9. The van der Waals surface area contributed by atoms with Gasteiger partial charge in [0, 0.05) is 20.2 Å². The number of hydrogen-bond donors (Lipinski definition) is 1. The summed E-state index contributed by atoms with van der Waals surface area (Å²) in [6.07, 6.45) is 0.752. The Morgan fingerprint density at radius 3 is 2.55 bits per heavy atom. The Hall–Kier alpha value is -1.41. The second-order valence-corrected chi connectivity index (χ2v) is 4.96. The van der Waals surface area contributed by atoms with Crippen LogP contribution in [-0.4, -0.2) is 45.3 Å². The molecule has 20 heavy (non-hydrogen) atoms. The van der Waals surface area contributed by atoms with E-state index in [1.54, 1.807) is 7.11 Å². The van der Waals surface area contributed by atoms with Crippen LogP contribution in [0.25, 0.3) is 0 Å². The van der Waals surface area contributed by atoms with Gasteiger partial charge in [0.2, 0.25) is 0 Å². The van der Waals surface area contributed by atoms with Crippen molar-refractivity contribution >= 4 is 0 Å². The van der Waals surface area contributed by atoms with Crippen LogP contribution in [0.3, 0.4) is 0 Å². The van der Waals surface area contributed by atoms with Crippen molar-refractivity contribution in [1.29, 1.82) is 5.26 Å². The average molecular weight is 275 g/mol. The molecule has 0 bridgehead atoms. The molecule has 4 heteroatoms. The first-order chi connectivity index (χ1) is 9.68. The molecule has 0 aliphatic heterocycles. The predicted molar refractivity (Wildman–Crippen MR) is 81.4 cm³/mol. The number of nitrogens with one attached hydrogen (secondary N) is 1. The molecule has 1 aromatic rings. The van der Waals surface area contributed by atoms with Gasteiger partial charge in [-0.2, -0.15) is 5.26 Å². The zero-order chi connectivity index (χ0) is 14.8. The second-order valence-electron chi connectivity index (χ2n) is 4.96. The van der Waals surface area contributed by atoms with E-state index in [1.807, 2.05) is 37.3 Å². The standard InChI is InChI=1S/C16H25N3O/c1-4-18-16(14-17,15-8-6-5-7-9-15)10-11-19(2)12-13-20-3/h5-9,18H,4,10-13H2,1-3H3. The van der Waals surface area contributed by atoms with E-state index < -0.39 is 5.54 Å². The molecule has 0 fully saturated rings. The number of ether oxygens (including phenoxy) is 1. The van der Waals surface area contributed by atoms with Gasteiger partial charge in [0.1, 0.15) is 5.54 Å². The summed E-state index contributed by atoms with van der Waals surface area (Å²) in [6, 6.07) is 12.4. The summed E-state index contributed by atoms with van der Waals surface area (Å²) < 4.78 is 5.08. The van der Waals surface area contributed by atoms with Gasteiger partial charge in [-0.05, 0) is 25.6 Å². The summed E-state index contributed by atoms with van der Waals surface area (Å²) in [5, 5.41) is 13.0. The minimum atomic E-state index is -0.614. The minimum absolute atomic E-state index is 0.614. The van der Waals surface area contributed by atoms with Crippen LogP contribution >= 0.6 is 0 Å². The lowest BCUT2D eigenvalue weighted by molar-refractivity contribution is 0.156. The second kappa shape index (κ2) is 8.70. The molecule has 1 rings (SSSR count). The highest BCUT2D eigenvalue weighted by Crippen LogP contribution is 2.24. The molecule has 4 nitrogen and oxygen atoms in total. The zero-order valence-electron chi connectivity index (χ0n) is 12.7. The molecule has 0 aliphatic rings. The molecule has 1 aromatic carbocycles. The van der Waals surface area contributed by atoms with Gasteiger partial charge in [0.15, 0.2) is 0 Å². The lowest BCUT2D eigenvalue weighted by Crippen LogP contribution is -2.43. The van der Waals surface area contributed by atoms with Gasteiger partial charge in [-0.1, -0.05) is 37.3 Å². The molecule has 0 radical (unpaired) electrons. The lowest BCUT2D eigenvalue weighted by atomic mass is 9.87.